The Bertz CT molecular complexity index is 649. The quantitative estimate of drug-likeness (QED) is 0.374. The molecule has 2 amide bonds. The summed E-state index contributed by atoms with van der Waals surface area (Å²) >= 11 is 0. The number of carbonyl (C=O) groups excluding carboxylic acids is 2. The molecule has 0 aliphatic rings. The standard InChI is InChI=1S/C19H26N2O7/c22-16(21-15(18(25)26)10-11-17(23)24)9-5-2-6-12-20-19(27)28-13-14-7-3-1-4-8-14/h1,3-4,7-8,15H,2,5-6,9-13H2,(H,20,27)(H,21,22)(H,23,24)(H,25,26)/t15-/m0/s1. The van der Waals surface area contributed by atoms with Crippen molar-refractivity contribution in [1.82, 2.24) is 10.6 Å². The highest BCUT2D eigenvalue weighted by Gasteiger charge is 2.20. The van der Waals surface area contributed by atoms with Crippen molar-refractivity contribution in [2.24, 2.45) is 0 Å². The topological polar surface area (TPSA) is 142 Å². The van der Waals surface area contributed by atoms with Gasteiger partial charge in [0.1, 0.15) is 12.6 Å². The van der Waals surface area contributed by atoms with Crippen LogP contribution in [0.3, 0.4) is 0 Å². The average Bonchev–Trinajstić information content (AvgIpc) is 2.66. The molecule has 1 aromatic carbocycles. The molecule has 9 nitrogen and oxygen atoms in total. The summed E-state index contributed by atoms with van der Waals surface area (Å²) in [5, 5.41) is 22.5. The molecule has 0 aromatic heterocycles. The Balaban J connectivity index is 2.09. The van der Waals surface area contributed by atoms with Crippen molar-refractivity contribution >= 4 is 23.9 Å². The van der Waals surface area contributed by atoms with E-state index in [1.54, 1.807) is 0 Å². The van der Waals surface area contributed by atoms with Crippen LogP contribution in [-0.4, -0.2) is 46.7 Å². The molecule has 0 saturated heterocycles. The molecular weight excluding hydrogens is 368 g/mol. The smallest absolute Gasteiger partial charge is 0.407 e. The lowest BCUT2D eigenvalue weighted by Gasteiger charge is -2.13. The Morgan fingerprint density at radius 3 is 2.32 bits per heavy atom. The van der Waals surface area contributed by atoms with Crippen molar-refractivity contribution in [3.63, 3.8) is 0 Å². The van der Waals surface area contributed by atoms with Crippen LogP contribution in [0.15, 0.2) is 30.3 Å². The van der Waals surface area contributed by atoms with Gasteiger partial charge in [0, 0.05) is 19.4 Å². The number of carbonyl (C=O) groups is 4. The van der Waals surface area contributed by atoms with Gasteiger partial charge >= 0.3 is 18.0 Å². The summed E-state index contributed by atoms with van der Waals surface area (Å²) in [6.45, 7) is 0.602. The van der Waals surface area contributed by atoms with Crippen LogP contribution in [-0.2, 0) is 25.7 Å². The molecule has 0 aliphatic heterocycles. The summed E-state index contributed by atoms with van der Waals surface area (Å²) in [6.07, 6.45) is 0.972. The minimum Gasteiger partial charge on any atom is -0.481 e. The van der Waals surface area contributed by atoms with Gasteiger partial charge in [-0.2, -0.15) is 0 Å². The van der Waals surface area contributed by atoms with Crippen molar-refractivity contribution in [3.8, 4) is 0 Å². The number of carboxylic acid groups (broad SMARTS) is 2. The van der Waals surface area contributed by atoms with Crippen molar-refractivity contribution in [2.45, 2.75) is 51.2 Å². The average molecular weight is 394 g/mol. The molecule has 0 unspecified atom stereocenters. The van der Waals surface area contributed by atoms with Crippen LogP contribution < -0.4 is 10.6 Å². The van der Waals surface area contributed by atoms with Gasteiger partial charge in [-0.3, -0.25) is 9.59 Å². The van der Waals surface area contributed by atoms with Gasteiger partial charge in [-0.05, 0) is 24.8 Å². The maximum Gasteiger partial charge on any atom is 0.407 e. The molecule has 0 spiro atoms. The molecule has 0 radical (unpaired) electrons. The first-order valence-corrected chi connectivity index (χ1v) is 9.07. The minimum absolute atomic E-state index is 0.134. The Labute approximate surface area is 163 Å². The van der Waals surface area contributed by atoms with Crippen molar-refractivity contribution < 1.29 is 34.1 Å². The summed E-state index contributed by atoms with van der Waals surface area (Å²) in [5.41, 5.74) is 0.895. The first-order valence-electron chi connectivity index (χ1n) is 9.07. The maximum atomic E-state index is 11.8. The summed E-state index contributed by atoms with van der Waals surface area (Å²) in [6, 6.07) is 8.10. The fourth-order valence-electron chi connectivity index (χ4n) is 2.34. The molecule has 28 heavy (non-hydrogen) atoms. The molecule has 1 aromatic rings. The number of hydrogen-bond acceptors (Lipinski definition) is 5. The fourth-order valence-corrected chi connectivity index (χ4v) is 2.34. The number of hydrogen-bond donors (Lipinski definition) is 4. The van der Waals surface area contributed by atoms with E-state index in [4.69, 9.17) is 14.9 Å². The fraction of sp³-hybridized carbons (Fsp3) is 0.474. The van der Waals surface area contributed by atoms with Gasteiger partial charge in [-0.25, -0.2) is 9.59 Å². The third-order valence-electron chi connectivity index (χ3n) is 3.84. The molecule has 154 valence electrons. The van der Waals surface area contributed by atoms with E-state index < -0.39 is 30.0 Å². The van der Waals surface area contributed by atoms with Gasteiger partial charge in [-0.15, -0.1) is 0 Å². The van der Waals surface area contributed by atoms with Gasteiger partial charge in [0.15, 0.2) is 0 Å². The monoisotopic (exact) mass is 394 g/mol. The molecule has 0 fully saturated rings. The van der Waals surface area contributed by atoms with Crippen LogP contribution in [0, 0.1) is 0 Å². The summed E-state index contributed by atoms with van der Waals surface area (Å²) in [5.74, 6) is -2.81. The lowest BCUT2D eigenvalue weighted by molar-refractivity contribution is -0.143. The number of benzene rings is 1. The zero-order valence-corrected chi connectivity index (χ0v) is 15.6. The van der Waals surface area contributed by atoms with E-state index in [1.165, 1.54) is 0 Å². The summed E-state index contributed by atoms with van der Waals surface area (Å²) in [4.78, 5) is 44.8. The first-order chi connectivity index (χ1) is 13.4. The normalized spacial score (nSPS) is 11.3. The van der Waals surface area contributed by atoms with Crippen molar-refractivity contribution in [1.29, 1.82) is 0 Å². The number of alkyl carbamates (subject to hydrolysis) is 1. The molecule has 0 heterocycles. The van der Waals surface area contributed by atoms with Gasteiger partial charge in [0.25, 0.3) is 0 Å². The van der Waals surface area contributed by atoms with Crippen LogP contribution in [0.5, 0.6) is 0 Å². The third kappa shape index (κ3) is 10.8. The molecular formula is C19H26N2O7. The molecule has 0 bridgehead atoms. The van der Waals surface area contributed by atoms with E-state index in [-0.39, 0.29) is 25.9 Å². The SMILES string of the molecule is O=C(O)CC[C@H](NC(=O)CCCCCNC(=O)OCc1ccccc1)C(=O)O. The van der Waals surface area contributed by atoms with Crippen LogP contribution in [0.25, 0.3) is 0 Å². The number of carboxylic acids is 2. The maximum absolute atomic E-state index is 11.8. The van der Waals surface area contributed by atoms with Gasteiger partial charge < -0.3 is 25.6 Å². The minimum atomic E-state index is -1.26. The van der Waals surface area contributed by atoms with E-state index in [9.17, 15) is 19.2 Å². The third-order valence-corrected chi connectivity index (χ3v) is 3.84. The van der Waals surface area contributed by atoms with E-state index in [0.29, 0.717) is 25.8 Å². The highest BCUT2D eigenvalue weighted by molar-refractivity contribution is 5.83. The molecule has 4 N–H and O–H groups in total. The molecule has 1 rings (SSSR count). The highest BCUT2D eigenvalue weighted by Crippen LogP contribution is 2.03. The van der Waals surface area contributed by atoms with Crippen LogP contribution >= 0.6 is 0 Å². The Morgan fingerprint density at radius 2 is 1.68 bits per heavy atom. The van der Waals surface area contributed by atoms with Crippen molar-refractivity contribution in [3.05, 3.63) is 35.9 Å². The van der Waals surface area contributed by atoms with Gasteiger partial charge in [0.05, 0.1) is 0 Å². The predicted molar refractivity (Wildman–Crippen MR) is 99.5 cm³/mol. The number of unbranched alkanes of at least 4 members (excludes halogenated alkanes) is 2. The van der Waals surface area contributed by atoms with Crippen LogP contribution in [0.2, 0.25) is 0 Å². The summed E-state index contributed by atoms with van der Waals surface area (Å²) < 4.78 is 5.07. The Morgan fingerprint density at radius 1 is 0.964 bits per heavy atom. The molecule has 9 heteroatoms. The number of ether oxygens (including phenoxy) is 1. The zero-order valence-electron chi connectivity index (χ0n) is 15.6. The number of rotatable bonds is 13. The van der Waals surface area contributed by atoms with Crippen molar-refractivity contribution in [2.75, 3.05) is 6.54 Å². The Kier molecular flexibility index (Phi) is 10.8. The second-order valence-electron chi connectivity index (χ2n) is 6.19. The second-order valence-corrected chi connectivity index (χ2v) is 6.19. The Hall–Kier alpha value is -3.10. The van der Waals surface area contributed by atoms with E-state index in [0.717, 1.165) is 5.56 Å². The summed E-state index contributed by atoms with van der Waals surface area (Å²) in [7, 11) is 0. The highest BCUT2D eigenvalue weighted by atomic mass is 16.5. The number of amides is 2. The number of aliphatic carboxylic acids is 2. The zero-order chi connectivity index (χ0) is 20.8. The van der Waals surface area contributed by atoms with E-state index in [2.05, 4.69) is 10.6 Å². The van der Waals surface area contributed by atoms with Crippen LogP contribution in [0.4, 0.5) is 4.79 Å². The molecule has 0 aliphatic carbocycles. The van der Waals surface area contributed by atoms with E-state index >= 15 is 0 Å². The molecule has 1 atom stereocenters. The molecule has 0 saturated carbocycles. The largest absolute Gasteiger partial charge is 0.481 e. The predicted octanol–water partition coefficient (Wildman–Crippen LogP) is 1.91. The van der Waals surface area contributed by atoms with E-state index in [1.807, 2.05) is 30.3 Å². The first kappa shape index (κ1) is 22.9. The lowest BCUT2D eigenvalue weighted by Crippen LogP contribution is -2.41. The number of nitrogens with one attached hydrogen (secondary N) is 2. The van der Waals surface area contributed by atoms with Gasteiger partial charge in [-0.1, -0.05) is 36.8 Å². The van der Waals surface area contributed by atoms with Gasteiger partial charge in [0.2, 0.25) is 5.91 Å². The van der Waals surface area contributed by atoms with Crippen LogP contribution in [0.1, 0.15) is 44.1 Å². The lowest BCUT2D eigenvalue weighted by atomic mass is 10.1. The second kappa shape index (κ2) is 13.1.